The average Bonchev–Trinajstić information content (AvgIpc) is 3.45. The highest BCUT2D eigenvalue weighted by atomic mass is 32.2. The van der Waals surface area contributed by atoms with Crippen molar-refractivity contribution in [2.45, 2.75) is 23.4 Å². The number of nitrogens with one attached hydrogen (secondary N) is 1. The number of carbonyl (C=O) groups excluding carboxylic acids is 2. The van der Waals surface area contributed by atoms with Crippen LogP contribution in [0, 0.1) is 0 Å². The molecule has 38 heavy (non-hydrogen) atoms. The van der Waals surface area contributed by atoms with E-state index in [1.54, 1.807) is 11.9 Å². The minimum Gasteiger partial charge on any atom is -0.361 e. The molecule has 190 valence electrons. The highest BCUT2D eigenvalue weighted by Crippen LogP contribution is 2.58. The van der Waals surface area contributed by atoms with Crippen LogP contribution in [0.5, 0.6) is 0 Å². The number of H-pyrrole nitrogens is 1. The van der Waals surface area contributed by atoms with Gasteiger partial charge in [0.25, 0.3) is 5.91 Å². The van der Waals surface area contributed by atoms with E-state index in [1.807, 2.05) is 53.6 Å². The molecule has 1 aromatic heterocycles. The lowest BCUT2D eigenvalue weighted by molar-refractivity contribution is -0.146. The van der Waals surface area contributed by atoms with Crippen molar-refractivity contribution in [2.24, 2.45) is 0 Å². The second-order valence-electron chi connectivity index (χ2n) is 9.80. The molecule has 2 amide bonds. The molecule has 3 aliphatic heterocycles. The number of fused-ring (bicyclic) bond motifs is 7. The summed E-state index contributed by atoms with van der Waals surface area (Å²) in [6.45, 7) is 0. The topological polar surface area (TPSA) is 59.7 Å². The molecular formula is C29H24N4O2S3. The van der Waals surface area contributed by atoms with Crippen LogP contribution in [0.25, 0.3) is 10.9 Å². The Kier molecular flexibility index (Phi) is 5.58. The molecule has 0 spiro atoms. The van der Waals surface area contributed by atoms with E-state index in [9.17, 15) is 9.59 Å². The lowest BCUT2D eigenvalue weighted by atomic mass is 9.70. The Morgan fingerprint density at radius 1 is 0.947 bits per heavy atom. The van der Waals surface area contributed by atoms with E-state index >= 15 is 0 Å². The highest BCUT2D eigenvalue weighted by molar-refractivity contribution is 8.47. The molecule has 2 saturated heterocycles. The molecule has 0 saturated carbocycles. The van der Waals surface area contributed by atoms with Gasteiger partial charge in [-0.25, -0.2) is 0 Å². The summed E-state index contributed by atoms with van der Waals surface area (Å²) in [5, 5.41) is 0.363. The molecule has 3 aliphatic rings. The number of rotatable bonds is 2. The minimum absolute atomic E-state index is 0.0785. The molecule has 0 aliphatic carbocycles. The van der Waals surface area contributed by atoms with Crippen LogP contribution in [-0.4, -0.2) is 54.6 Å². The third kappa shape index (κ3) is 3.31. The Balaban J connectivity index is 1.59. The van der Waals surface area contributed by atoms with Gasteiger partial charge in [0, 0.05) is 41.9 Å². The smallest absolute Gasteiger partial charge is 0.258 e. The van der Waals surface area contributed by atoms with Gasteiger partial charge in [0.15, 0.2) is 5.37 Å². The van der Waals surface area contributed by atoms with Crippen molar-refractivity contribution < 1.29 is 9.59 Å². The van der Waals surface area contributed by atoms with Gasteiger partial charge in [-0.2, -0.15) is 0 Å². The van der Waals surface area contributed by atoms with E-state index in [2.05, 4.69) is 46.3 Å². The summed E-state index contributed by atoms with van der Waals surface area (Å²) in [5.74, 6) is 0.237. The van der Waals surface area contributed by atoms with Crippen molar-refractivity contribution >= 4 is 73.4 Å². The number of para-hydroxylation sites is 3. The third-order valence-electron chi connectivity index (χ3n) is 7.93. The zero-order valence-electron chi connectivity index (χ0n) is 20.5. The predicted molar refractivity (Wildman–Crippen MR) is 159 cm³/mol. The molecule has 4 aromatic rings. The molecule has 3 aromatic carbocycles. The number of thioether (sulfide) groups is 2. The van der Waals surface area contributed by atoms with Gasteiger partial charge in [0.1, 0.15) is 9.69 Å². The van der Waals surface area contributed by atoms with Gasteiger partial charge >= 0.3 is 0 Å². The van der Waals surface area contributed by atoms with Gasteiger partial charge in [0.05, 0.1) is 11.3 Å². The van der Waals surface area contributed by atoms with Crippen molar-refractivity contribution in [2.75, 3.05) is 17.8 Å². The van der Waals surface area contributed by atoms with Gasteiger partial charge in [-0.3, -0.25) is 9.59 Å². The van der Waals surface area contributed by atoms with Gasteiger partial charge in [-0.05, 0) is 35.4 Å². The van der Waals surface area contributed by atoms with E-state index in [4.69, 9.17) is 12.2 Å². The first-order valence-electron chi connectivity index (χ1n) is 12.4. The second-order valence-corrected chi connectivity index (χ2v) is 13.0. The summed E-state index contributed by atoms with van der Waals surface area (Å²) in [5.41, 5.74) is 4.20. The van der Waals surface area contributed by atoms with Crippen LogP contribution in [0.2, 0.25) is 0 Å². The number of anilines is 2. The average molecular weight is 557 g/mol. The van der Waals surface area contributed by atoms with Crippen LogP contribution in [0.3, 0.4) is 0 Å². The number of benzene rings is 3. The number of carbonyl (C=O) groups is 2. The quantitative estimate of drug-likeness (QED) is 0.321. The third-order valence-corrected chi connectivity index (χ3v) is 10.8. The zero-order chi connectivity index (χ0) is 26.0. The summed E-state index contributed by atoms with van der Waals surface area (Å²) in [7, 11) is 1.73. The molecule has 4 heterocycles. The normalized spacial score (nSPS) is 25.2. The maximum atomic E-state index is 14.4. The molecule has 6 nitrogen and oxygen atoms in total. The van der Waals surface area contributed by atoms with Crippen molar-refractivity contribution in [3.63, 3.8) is 0 Å². The maximum Gasteiger partial charge on any atom is 0.258 e. The van der Waals surface area contributed by atoms with E-state index < -0.39 is 17.0 Å². The van der Waals surface area contributed by atoms with Crippen LogP contribution < -0.4 is 4.90 Å². The number of hydrogen-bond acceptors (Lipinski definition) is 6. The molecular weight excluding hydrogens is 533 g/mol. The van der Waals surface area contributed by atoms with Crippen LogP contribution in [0.15, 0.2) is 85.1 Å². The number of likely N-dealkylation sites (N-methyl/N-ethyl adjacent to an activating group) is 1. The lowest BCUT2D eigenvalue weighted by Crippen LogP contribution is -2.63. The standard InChI is InChI=1S/C29H24N4O2S3/c1-31-24(34)15-29(21-16-30-22-13-7-5-11-19(21)22)20-12-6-8-14-23(20)33(18-9-3-2-4-10-18)27(29)32-17-37-28(36)38-26(31)25(32)35/h2-14,16,26-27,30H,15,17H2,1H3/t26-,27+,29?/m1/s1. The number of aromatic amines is 1. The molecule has 9 heteroatoms. The first-order valence-corrected chi connectivity index (χ1v) is 14.7. The monoisotopic (exact) mass is 556 g/mol. The lowest BCUT2D eigenvalue weighted by Gasteiger charge is -2.48. The molecule has 0 radical (unpaired) electrons. The van der Waals surface area contributed by atoms with Crippen LogP contribution in [0.1, 0.15) is 17.5 Å². The van der Waals surface area contributed by atoms with Crippen molar-refractivity contribution in [3.05, 3.63) is 96.2 Å². The predicted octanol–water partition coefficient (Wildman–Crippen LogP) is 5.67. The fourth-order valence-electron chi connectivity index (χ4n) is 6.27. The van der Waals surface area contributed by atoms with Crippen molar-refractivity contribution in [1.29, 1.82) is 0 Å². The number of hydrogen-bond donors (Lipinski definition) is 1. The SMILES string of the molecule is CN1C(=O)CC2(c3c[nH]c4ccccc34)c3ccccc3N(c3ccccc3)[C@@H]2N2CSC(=S)S[C@@H]1C2=O. The number of nitrogens with zero attached hydrogens (tertiary/aromatic N) is 3. The summed E-state index contributed by atoms with van der Waals surface area (Å²) >= 11 is 8.42. The largest absolute Gasteiger partial charge is 0.361 e. The first-order chi connectivity index (χ1) is 18.5. The van der Waals surface area contributed by atoms with Crippen molar-refractivity contribution in [1.82, 2.24) is 14.8 Å². The Morgan fingerprint density at radius 3 is 2.53 bits per heavy atom. The Hall–Kier alpha value is -3.27. The van der Waals surface area contributed by atoms with Crippen LogP contribution in [-0.2, 0) is 15.0 Å². The molecule has 3 atom stereocenters. The number of aromatic nitrogens is 1. The van der Waals surface area contributed by atoms with E-state index in [0.29, 0.717) is 9.41 Å². The van der Waals surface area contributed by atoms with E-state index in [-0.39, 0.29) is 18.2 Å². The van der Waals surface area contributed by atoms with Crippen LogP contribution >= 0.6 is 35.7 Å². The second kappa shape index (κ2) is 8.90. The minimum atomic E-state index is -0.824. The van der Waals surface area contributed by atoms with Gasteiger partial charge in [0.2, 0.25) is 5.91 Å². The fraction of sp³-hybridized carbons (Fsp3) is 0.207. The Bertz CT molecular complexity index is 1610. The summed E-state index contributed by atoms with van der Waals surface area (Å²) in [6, 6.07) is 26.6. The van der Waals surface area contributed by atoms with E-state index in [0.717, 1.165) is 33.4 Å². The summed E-state index contributed by atoms with van der Waals surface area (Å²) in [6.07, 6.45) is 1.78. The highest BCUT2D eigenvalue weighted by Gasteiger charge is 2.60. The molecule has 1 N–H and O–H groups in total. The maximum absolute atomic E-state index is 14.4. The van der Waals surface area contributed by atoms with Gasteiger partial charge < -0.3 is 19.7 Å². The summed E-state index contributed by atoms with van der Waals surface area (Å²) < 4.78 is 0.673. The molecule has 7 rings (SSSR count). The molecule has 2 bridgehead atoms. The molecule has 1 unspecified atom stereocenters. The molecule has 2 fully saturated rings. The number of thiocarbonyl (C=S) groups is 1. The van der Waals surface area contributed by atoms with E-state index in [1.165, 1.54) is 23.5 Å². The van der Waals surface area contributed by atoms with Crippen LogP contribution in [0.4, 0.5) is 11.4 Å². The van der Waals surface area contributed by atoms with Crippen molar-refractivity contribution in [3.8, 4) is 0 Å². The number of amides is 2. The first kappa shape index (κ1) is 23.8. The summed E-state index contributed by atoms with van der Waals surface area (Å²) in [4.78, 5) is 37.7. The van der Waals surface area contributed by atoms with Gasteiger partial charge in [-0.1, -0.05) is 90.3 Å². The van der Waals surface area contributed by atoms with Gasteiger partial charge in [-0.15, -0.1) is 0 Å². The Morgan fingerprint density at radius 2 is 1.68 bits per heavy atom. The fourth-order valence-corrected chi connectivity index (χ4v) is 8.61. The zero-order valence-corrected chi connectivity index (χ0v) is 23.0. The Labute approximate surface area is 234 Å².